The van der Waals surface area contributed by atoms with Crippen molar-refractivity contribution in [3.63, 3.8) is 0 Å². The van der Waals surface area contributed by atoms with Crippen LogP contribution in [0.2, 0.25) is 0 Å². The molecule has 7 rings (SSSR count). The van der Waals surface area contributed by atoms with Gasteiger partial charge in [-0.15, -0.1) is 0 Å². The van der Waals surface area contributed by atoms with E-state index in [9.17, 15) is 13.2 Å². The fourth-order valence-electron chi connectivity index (χ4n) is 8.75. The second kappa shape index (κ2) is 11.5. The number of para-hydroxylation sites is 1. The molecule has 2 fully saturated rings. The molecule has 0 aromatic heterocycles. The quantitative estimate of drug-likeness (QED) is 0.240. The molecule has 0 radical (unpaired) electrons. The Morgan fingerprint density at radius 2 is 1.73 bits per heavy atom. The zero-order valence-electron chi connectivity index (χ0n) is 25.4. The van der Waals surface area contributed by atoms with Crippen molar-refractivity contribution in [2.75, 3.05) is 25.6 Å². The van der Waals surface area contributed by atoms with Crippen molar-refractivity contribution in [2.45, 2.75) is 61.9 Å². The number of methoxy groups -OCH3 is 1. The standard InChI is InChI=1S/C36H40N2O5S/c1-24-15-17-27(18-16-24)44(40,41)43-23-26-11-8-12-28(26)29-21-30(35(39)42-2)33-36(31-13-6-7-14-32(31)37-33)19-20-38(34(29)36)22-25-9-4-3-5-10-25/h3-7,9-10,13-18,26,28-29,34,37H,8,11-12,19-23H2,1-2H3/t26-,28-,29-,34-,36-/m1/s1. The summed E-state index contributed by atoms with van der Waals surface area (Å²) in [7, 11) is -2.41. The molecule has 0 unspecified atom stereocenters. The van der Waals surface area contributed by atoms with E-state index in [0.29, 0.717) is 6.42 Å². The minimum absolute atomic E-state index is 0.0708. The van der Waals surface area contributed by atoms with E-state index < -0.39 is 10.1 Å². The minimum atomic E-state index is -3.88. The maximum absolute atomic E-state index is 13.5. The fourth-order valence-corrected chi connectivity index (χ4v) is 9.71. The van der Waals surface area contributed by atoms with Crippen LogP contribution in [-0.2, 0) is 35.8 Å². The minimum Gasteiger partial charge on any atom is -0.466 e. The van der Waals surface area contributed by atoms with E-state index in [-0.39, 0.29) is 46.7 Å². The molecule has 3 aromatic rings. The number of hydrogen-bond acceptors (Lipinski definition) is 7. The highest BCUT2D eigenvalue weighted by Crippen LogP contribution is 2.61. The molecule has 7 nitrogen and oxygen atoms in total. The fraction of sp³-hybridized carbons (Fsp3) is 0.417. The number of nitrogens with zero attached hydrogens (tertiary/aromatic N) is 1. The maximum Gasteiger partial charge on any atom is 0.335 e. The third-order valence-corrected chi connectivity index (χ3v) is 11.9. The molecular formula is C36H40N2O5S. The van der Waals surface area contributed by atoms with Crippen LogP contribution in [0.5, 0.6) is 0 Å². The summed E-state index contributed by atoms with van der Waals surface area (Å²) in [5.41, 5.74) is 5.93. The third-order valence-electron chi connectivity index (χ3n) is 10.6. The van der Waals surface area contributed by atoms with Gasteiger partial charge in [0.25, 0.3) is 10.1 Å². The van der Waals surface area contributed by atoms with Crippen LogP contribution in [0.15, 0.2) is 95.0 Å². The van der Waals surface area contributed by atoms with E-state index in [1.54, 1.807) is 24.3 Å². The zero-order chi connectivity index (χ0) is 30.5. The molecule has 1 spiro atoms. The molecule has 0 amide bonds. The van der Waals surface area contributed by atoms with Crippen molar-refractivity contribution in [1.29, 1.82) is 0 Å². The summed E-state index contributed by atoms with van der Waals surface area (Å²) in [4.78, 5) is 16.3. The van der Waals surface area contributed by atoms with Crippen LogP contribution in [0.1, 0.15) is 48.8 Å². The summed E-state index contributed by atoms with van der Waals surface area (Å²) in [6.07, 6.45) is 4.39. The lowest BCUT2D eigenvalue weighted by Gasteiger charge is -2.48. The number of nitrogens with one attached hydrogen (secondary N) is 1. The van der Waals surface area contributed by atoms with E-state index in [1.165, 1.54) is 18.2 Å². The number of fused-ring (bicyclic) bond motifs is 1. The van der Waals surface area contributed by atoms with E-state index in [0.717, 1.165) is 61.3 Å². The molecule has 230 valence electrons. The first kappa shape index (κ1) is 29.3. The van der Waals surface area contributed by atoms with Gasteiger partial charge < -0.3 is 10.1 Å². The van der Waals surface area contributed by atoms with Gasteiger partial charge >= 0.3 is 5.97 Å². The van der Waals surface area contributed by atoms with Crippen molar-refractivity contribution >= 4 is 21.8 Å². The van der Waals surface area contributed by atoms with Gasteiger partial charge in [0.1, 0.15) is 0 Å². The van der Waals surface area contributed by atoms with Gasteiger partial charge in [-0.2, -0.15) is 8.42 Å². The summed E-state index contributed by atoms with van der Waals surface area (Å²) in [6, 6.07) is 26.0. The smallest absolute Gasteiger partial charge is 0.335 e. The van der Waals surface area contributed by atoms with Gasteiger partial charge in [-0.05, 0) is 79.7 Å². The number of benzene rings is 3. The predicted octanol–water partition coefficient (Wildman–Crippen LogP) is 6.20. The van der Waals surface area contributed by atoms with Crippen LogP contribution in [0.4, 0.5) is 5.69 Å². The van der Waals surface area contributed by atoms with Crippen LogP contribution < -0.4 is 5.32 Å². The van der Waals surface area contributed by atoms with Crippen LogP contribution in [0, 0.1) is 24.7 Å². The molecule has 44 heavy (non-hydrogen) atoms. The van der Waals surface area contributed by atoms with Crippen molar-refractivity contribution in [1.82, 2.24) is 4.90 Å². The lowest BCUT2D eigenvalue weighted by molar-refractivity contribution is -0.137. The molecule has 3 aromatic carbocycles. The lowest BCUT2D eigenvalue weighted by atomic mass is 9.59. The molecule has 1 saturated carbocycles. The highest BCUT2D eigenvalue weighted by atomic mass is 32.2. The van der Waals surface area contributed by atoms with E-state index in [1.807, 2.05) is 19.1 Å². The first-order valence-corrected chi connectivity index (χ1v) is 17.1. The van der Waals surface area contributed by atoms with E-state index in [2.05, 4.69) is 52.7 Å². The van der Waals surface area contributed by atoms with Crippen molar-refractivity contribution in [3.8, 4) is 0 Å². The second-order valence-corrected chi connectivity index (χ2v) is 14.5. The first-order chi connectivity index (χ1) is 21.3. The average Bonchev–Trinajstić information content (AvgIpc) is 3.75. The lowest BCUT2D eigenvalue weighted by Crippen LogP contribution is -2.54. The van der Waals surface area contributed by atoms with Crippen LogP contribution in [-0.4, -0.2) is 45.6 Å². The topological polar surface area (TPSA) is 84.9 Å². The number of rotatable bonds is 8. The Balaban J connectivity index is 1.27. The highest BCUT2D eigenvalue weighted by Gasteiger charge is 2.62. The van der Waals surface area contributed by atoms with E-state index in [4.69, 9.17) is 8.92 Å². The number of carbonyl (C=O) groups excluding carboxylic acids is 1. The normalized spacial score (nSPS) is 27.9. The second-order valence-electron chi connectivity index (χ2n) is 12.9. The maximum atomic E-state index is 13.5. The van der Waals surface area contributed by atoms with Crippen molar-refractivity contribution < 1.29 is 22.1 Å². The molecule has 4 aliphatic rings. The SMILES string of the molecule is COC(=O)C1=C2Nc3ccccc3[C@]23CCN(Cc2ccccc2)[C@@H]3[C@@H]([C@@H]2CCC[C@@H]2COS(=O)(=O)c2ccc(C)cc2)C1. The number of carbonyl (C=O) groups is 1. The highest BCUT2D eigenvalue weighted by molar-refractivity contribution is 7.86. The van der Waals surface area contributed by atoms with Crippen LogP contribution in [0.3, 0.4) is 0 Å². The van der Waals surface area contributed by atoms with Crippen molar-refractivity contribution in [2.24, 2.45) is 17.8 Å². The first-order valence-electron chi connectivity index (χ1n) is 15.7. The molecule has 1 N–H and O–H groups in total. The number of esters is 1. The molecule has 2 aliphatic heterocycles. The molecule has 1 saturated heterocycles. The van der Waals surface area contributed by atoms with Gasteiger partial charge in [0.15, 0.2) is 0 Å². The van der Waals surface area contributed by atoms with Crippen molar-refractivity contribution in [3.05, 3.63) is 107 Å². The number of hydrogen-bond donors (Lipinski definition) is 1. The van der Waals surface area contributed by atoms with Gasteiger partial charge in [0.2, 0.25) is 0 Å². The van der Waals surface area contributed by atoms with Gasteiger partial charge in [-0.3, -0.25) is 9.08 Å². The Labute approximate surface area is 260 Å². The average molecular weight is 613 g/mol. The van der Waals surface area contributed by atoms with Crippen LogP contribution >= 0.6 is 0 Å². The summed E-state index contributed by atoms with van der Waals surface area (Å²) in [5, 5.41) is 3.69. The Morgan fingerprint density at radius 1 is 0.977 bits per heavy atom. The zero-order valence-corrected chi connectivity index (χ0v) is 26.2. The Hall–Kier alpha value is -3.46. The van der Waals surface area contributed by atoms with Gasteiger partial charge in [-0.25, -0.2) is 4.79 Å². The van der Waals surface area contributed by atoms with Crippen LogP contribution in [0.25, 0.3) is 0 Å². The number of ether oxygens (including phenoxy) is 1. The number of anilines is 1. The summed E-state index contributed by atoms with van der Waals surface area (Å²) < 4.78 is 37.5. The van der Waals surface area contributed by atoms with Gasteiger partial charge in [-0.1, -0.05) is 72.6 Å². The summed E-state index contributed by atoms with van der Waals surface area (Å²) in [6.45, 7) is 3.80. The largest absolute Gasteiger partial charge is 0.466 e. The molecule has 0 bridgehead atoms. The number of likely N-dealkylation sites (tertiary alicyclic amines) is 1. The van der Waals surface area contributed by atoms with E-state index >= 15 is 0 Å². The van der Waals surface area contributed by atoms with Gasteiger partial charge in [0, 0.05) is 30.5 Å². The molecule has 5 atom stereocenters. The molecule has 8 heteroatoms. The third kappa shape index (κ3) is 4.88. The summed E-state index contributed by atoms with van der Waals surface area (Å²) in [5.74, 6) is 0.125. The van der Waals surface area contributed by atoms with Gasteiger partial charge in [0.05, 0.1) is 29.6 Å². The molecule has 2 aliphatic carbocycles. The monoisotopic (exact) mass is 612 g/mol. The summed E-state index contributed by atoms with van der Waals surface area (Å²) >= 11 is 0. The molecular weight excluding hydrogens is 572 g/mol. The Morgan fingerprint density at radius 3 is 2.50 bits per heavy atom. The predicted molar refractivity (Wildman–Crippen MR) is 169 cm³/mol. The number of aryl methyl sites for hydroxylation is 1. The Bertz CT molecular complexity index is 1690. The Kier molecular flexibility index (Phi) is 7.63. The molecule has 2 heterocycles.